The van der Waals surface area contributed by atoms with Crippen LogP contribution in [0.3, 0.4) is 0 Å². The smallest absolute Gasteiger partial charge is 0.234 e. The number of nitrogens with one attached hydrogen (secondary N) is 2. The summed E-state index contributed by atoms with van der Waals surface area (Å²) < 4.78 is 6.33. The third-order valence-corrected chi connectivity index (χ3v) is 5.63. The van der Waals surface area contributed by atoms with Crippen LogP contribution in [0.5, 0.6) is 5.75 Å². The van der Waals surface area contributed by atoms with Crippen molar-refractivity contribution in [2.24, 2.45) is 0 Å². The van der Waals surface area contributed by atoms with Crippen molar-refractivity contribution in [3.8, 4) is 17.1 Å². The molecule has 0 atom stereocenters. The van der Waals surface area contributed by atoms with E-state index in [-0.39, 0.29) is 11.7 Å². The van der Waals surface area contributed by atoms with Crippen molar-refractivity contribution in [1.82, 2.24) is 15.2 Å². The van der Waals surface area contributed by atoms with Gasteiger partial charge in [-0.05, 0) is 48.9 Å². The number of amides is 1. The predicted molar refractivity (Wildman–Crippen MR) is 112 cm³/mol. The van der Waals surface area contributed by atoms with E-state index in [1.54, 1.807) is 25.3 Å². The lowest BCUT2D eigenvalue weighted by Gasteiger charge is -2.06. The van der Waals surface area contributed by atoms with Gasteiger partial charge in [0.25, 0.3) is 0 Å². The standard InChI is InChI=1S/C18H16BrClN4O2S/c1-10-7-12(4-5-14(10)19)21-16(25)9-27-18-22-17(23-24-18)13-8-11(20)3-6-15(13)26-2/h3-8H,9H2,1-2H3,(H,21,25)(H,22,23,24). The summed E-state index contributed by atoms with van der Waals surface area (Å²) >= 11 is 10.7. The highest BCUT2D eigenvalue weighted by Crippen LogP contribution is 2.31. The molecular formula is C18H16BrClN4O2S. The fraction of sp³-hybridized carbons (Fsp3) is 0.167. The molecule has 140 valence electrons. The van der Waals surface area contributed by atoms with E-state index in [0.29, 0.717) is 27.3 Å². The van der Waals surface area contributed by atoms with Crippen LogP contribution in [-0.2, 0) is 4.79 Å². The number of nitrogens with zero attached hydrogens (tertiary/aromatic N) is 2. The fourth-order valence-corrected chi connectivity index (χ4v) is 3.36. The lowest BCUT2D eigenvalue weighted by Crippen LogP contribution is -2.14. The number of benzene rings is 2. The van der Waals surface area contributed by atoms with Crippen molar-refractivity contribution >= 4 is 50.9 Å². The van der Waals surface area contributed by atoms with Crippen LogP contribution >= 0.6 is 39.3 Å². The van der Waals surface area contributed by atoms with Gasteiger partial charge >= 0.3 is 0 Å². The summed E-state index contributed by atoms with van der Waals surface area (Å²) in [6.07, 6.45) is 0. The van der Waals surface area contributed by atoms with Crippen LogP contribution in [0.4, 0.5) is 5.69 Å². The lowest BCUT2D eigenvalue weighted by molar-refractivity contribution is -0.113. The van der Waals surface area contributed by atoms with Crippen molar-refractivity contribution in [3.63, 3.8) is 0 Å². The van der Waals surface area contributed by atoms with Gasteiger partial charge in [0, 0.05) is 15.2 Å². The Kier molecular flexibility index (Phi) is 6.41. The number of hydrogen-bond donors (Lipinski definition) is 2. The minimum Gasteiger partial charge on any atom is -0.496 e. The molecule has 2 N–H and O–H groups in total. The number of aromatic amines is 1. The van der Waals surface area contributed by atoms with Crippen molar-refractivity contribution in [2.75, 3.05) is 18.2 Å². The Labute approximate surface area is 174 Å². The van der Waals surface area contributed by atoms with Gasteiger partial charge < -0.3 is 10.1 Å². The van der Waals surface area contributed by atoms with Gasteiger partial charge in [-0.1, -0.05) is 39.3 Å². The predicted octanol–water partition coefficient (Wildman–Crippen LogP) is 4.94. The summed E-state index contributed by atoms with van der Waals surface area (Å²) in [5.74, 6) is 1.23. The molecule has 3 aromatic rings. The highest BCUT2D eigenvalue weighted by molar-refractivity contribution is 9.10. The maximum atomic E-state index is 12.2. The number of aryl methyl sites for hydroxylation is 1. The monoisotopic (exact) mass is 466 g/mol. The second-order valence-corrected chi connectivity index (χ2v) is 7.85. The van der Waals surface area contributed by atoms with Crippen LogP contribution < -0.4 is 10.1 Å². The molecule has 0 saturated carbocycles. The van der Waals surface area contributed by atoms with Gasteiger partial charge in [-0.25, -0.2) is 4.98 Å². The largest absolute Gasteiger partial charge is 0.496 e. The first-order chi connectivity index (χ1) is 13.0. The zero-order valence-electron chi connectivity index (χ0n) is 14.5. The quantitative estimate of drug-likeness (QED) is 0.502. The van der Waals surface area contributed by atoms with Crippen LogP contribution in [0, 0.1) is 6.92 Å². The summed E-state index contributed by atoms with van der Waals surface area (Å²) in [4.78, 5) is 16.6. The van der Waals surface area contributed by atoms with Gasteiger partial charge in [-0.2, -0.15) is 0 Å². The molecule has 0 saturated heterocycles. The molecule has 1 amide bonds. The van der Waals surface area contributed by atoms with Crippen LogP contribution in [0.2, 0.25) is 5.02 Å². The third kappa shape index (κ3) is 5.03. The topological polar surface area (TPSA) is 79.9 Å². The molecule has 1 heterocycles. The molecule has 0 bridgehead atoms. The van der Waals surface area contributed by atoms with Gasteiger partial charge in [-0.15, -0.1) is 5.10 Å². The second-order valence-electron chi connectivity index (χ2n) is 5.61. The number of aromatic nitrogens is 3. The van der Waals surface area contributed by atoms with Crippen molar-refractivity contribution in [1.29, 1.82) is 0 Å². The summed E-state index contributed by atoms with van der Waals surface area (Å²) in [7, 11) is 1.58. The molecule has 3 rings (SSSR count). The first-order valence-corrected chi connectivity index (χ1v) is 10.1. The Balaban J connectivity index is 1.63. The summed E-state index contributed by atoms with van der Waals surface area (Å²) in [5.41, 5.74) is 2.51. The van der Waals surface area contributed by atoms with Crippen molar-refractivity contribution < 1.29 is 9.53 Å². The van der Waals surface area contributed by atoms with E-state index in [2.05, 4.69) is 36.4 Å². The Morgan fingerprint density at radius 1 is 1.33 bits per heavy atom. The Morgan fingerprint density at radius 3 is 2.89 bits per heavy atom. The Bertz CT molecular complexity index is 980. The lowest BCUT2D eigenvalue weighted by atomic mass is 10.2. The van der Waals surface area contributed by atoms with E-state index in [1.165, 1.54) is 11.8 Å². The first kappa shape index (κ1) is 19.7. The van der Waals surface area contributed by atoms with E-state index in [1.807, 2.05) is 25.1 Å². The molecule has 0 aliphatic carbocycles. The maximum Gasteiger partial charge on any atom is 0.234 e. The highest BCUT2D eigenvalue weighted by Gasteiger charge is 2.13. The molecule has 0 radical (unpaired) electrons. The fourth-order valence-electron chi connectivity index (χ4n) is 2.35. The van der Waals surface area contributed by atoms with E-state index < -0.39 is 0 Å². The van der Waals surface area contributed by atoms with Gasteiger partial charge in [-0.3, -0.25) is 9.89 Å². The highest BCUT2D eigenvalue weighted by atomic mass is 79.9. The number of carbonyl (C=O) groups excluding carboxylic acids is 1. The van der Waals surface area contributed by atoms with Crippen molar-refractivity contribution in [3.05, 3.63) is 51.5 Å². The van der Waals surface area contributed by atoms with Crippen LogP contribution in [0.25, 0.3) is 11.4 Å². The zero-order valence-corrected chi connectivity index (χ0v) is 17.7. The normalized spacial score (nSPS) is 10.7. The number of thioether (sulfide) groups is 1. The van der Waals surface area contributed by atoms with E-state index >= 15 is 0 Å². The molecule has 9 heteroatoms. The molecule has 2 aromatic carbocycles. The first-order valence-electron chi connectivity index (χ1n) is 7.91. The number of halogens is 2. The molecule has 27 heavy (non-hydrogen) atoms. The third-order valence-electron chi connectivity index (χ3n) is 3.66. The maximum absolute atomic E-state index is 12.2. The van der Waals surface area contributed by atoms with Crippen LogP contribution in [0.1, 0.15) is 5.56 Å². The van der Waals surface area contributed by atoms with Gasteiger partial charge in [0.1, 0.15) is 5.75 Å². The molecule has 0 spiro atoms. The van der Waals surface area contributed by atoms with Gasteiger partial charge in [0.15, 0.2) is 5.82 Å². The number of H-pyrrole nitrogens is 1. The van der Waals surface area contributed by atoms with E-state index in [9.17, 15) is 4.79 Å². The molecule has 0 unspecified atom stereocenters. The number of ether oxygens (including phenoxy) is 1. The second kappa shape index (κ2) is 8.77. The Morgan fingerprint density at radius 2 is 2.15 bits per heavy atom. The minimum atomic E-state index is -0.131. The number of rotatable bonds is 6. The average molecular weight is 468 g/mol. The molecule has 0 aliphatic rings. The Hall–Kier alpha value is -2.03. The minimum absolute atomic E-state index is 0.131. The summed E-state index contributed by atoms with van der Waals surface area (Å²) in [5, 5.41) is 10.9. The summed E-state index contributed by atoms with van der Waals surface area (Å²) in [6.45, 7) is 1.97. The molecule has 1 aromatic heterocycles. The SMILES string of the molecule is COc1ccc(Cl)cc1-c1nc(SCC(=O)Nc2ccc(Br)c(C)c2)n[nH]1. The number of methoxy groups -OCH3 is 1. The molecule has 0 fully saturated rings. The van der Waals surface area contributed by atoms with Gasteiger partial charge in [0.2, 0.25) is 11.1 Å². The van der Waals surface area contributed by atoms with Crippen LogP contribution in [0.15, 0.2) is 46.0 Å². The van der Waals surface area contributed by atoms with Gasteiger partial charge in [0.05, 0.1) is 18.4 Å². The number of carbonyl (C=O) groups is 1. The number of anilines is 1. The van der Waals surface area contributed by atoms with Crippen molar-refractivity contribution in [2.45, 2.75) is 12.1 Å². The van der Waals surface area contributed by atoms with E-state index in [0.717, 1.165) is 15.7 Å². The van der Waals surface area contributed by atoms with Crippen LogP contribution in [-0.4, -0.2) is 34.0 Å². The molecular weight excluding hydrogens is 452 g/mol. The summed E-state index contributed by atoms with van der Waals surface area (Å²) in [6, 6.07) is 10.9. The van der Waals surface area contributed by atoms with E-state index in [4.69, 9.17) is 16.3 Å². The zero-order chi connectivity index (χ0) is 19.4. The average Bonchev–Trinajstić information content (AvgIpc) is 3.12. The number of hydrogen-bond acceptors (Lipinski definition) is 5. The molecule has 6 nitrogen and oxygen atoms in total. The molecule has 0 aliphatic heterocycles.